The van der Waals surface area contributed by atoms with E-state index in [0.717, 1.165) is 0 Å². The zero-order valence-corrected chi connectivity index (χ0v) is 13.0. The molecule has 1 unspecified atom stereocenters. The summed E-state index contributed by atoms with van der Waals surface area (Å²) in [6, 6.07) is 6.97. The van der Waals surface area contributed by atoms with E-state index in [-0.39, 0.29) is 11.2 Å². The maximum absolute atomic E-state index is 12.2. The monoisotopic (exact) mass is 284 g/mol. The quantitative estimate of drug-likeness (QED) is 0.904. The zero-order chi connectivity index (χ0) is 14.7. The third kappa shape index (κ3) is 4.32. The van der Waals surface area contributed by atoms with E-state index in [0.29, 0.717) is 23.3 Å². The standard InChI is InChI=1S/C15H24O3S/c1-5-10-19(17,18)13-9-7-6-8-12(13)11-14(16)15(2,3)4/h6-9,14,16H,5,10-11H2,1-4H3. The van der Waals surface area contributed by atoms with Crippen LogP contribution in [0.3, 0.4) is 0 Å². The van der Waals surface area contributed by atoms with Crippen LogP contribution in [0, 0.1) is 5.41 Å². The van der Waals surface area contributed by atoms with Crippen molar-refractivity contribution in [2.75, 3.05) is 5.75 Å². The Balaban J connectivity index is 3.11. The minimum atomic E-state index is -3.24. The molecule has 19 heavy (non-hydrogen) atoms. The van der Waals surface area contributed by atoms with Crippen molar-refractivity contribution in [3.05, 3.63) is 29.8 Å². The molecule has 0 aromatic heterocycles. The van der Waals surface area contributed by atoms with Gasteiger partial charge in [-0.1, -0.05) is 45.9 Å². The summed E-state index contributed by atoms with van der Waals surface area (Å²) < 4.78 is 24.4. The molecular formula is C15H24O3S. The molecule has 1 rings (SSSR count). The molecule has 0 fully saturated rings. The van der Waals surface area contributed by atoms with Crippen LogP contribution in [0.25, 0.3) is 0 Å². The van der Waals surface area contributed by atoms with Gasteiger partial charge in [0.2, 0.25) is 0 Å². The van der Waals surface area contributed by atoms with Gasteiger partial charge in [-0.05, 0) is 23.5 Å². The SMILES string of the molecule is CCCS(=O)(=O)c1ccccc1CC(O)C(C)(C)C. The first-order chi connectivity index (χ1) is 8.68. The van der Waals surface area contributed by atoms with Crippen molar-refractivity contribution in [1.29, 1.82) is 0 Å². The predicted octanol–water partition coefficient (Wildman–Crippen LogP) is 2.82. The van der Waals surface area contributed by atoms with Crippen molar-refractivity contribution in [2.24, 2.45) is 5.41 Å². The van der Waals surface area contributed by atoms with Gasteiger partial charge in [0.1, 0.15) is 0 Å². The van der Waals surface area contributed by atoms with Crippen molar-refractivity contribution in [1.82, 2.24) is 0 Å². The summed E-state index contributed by atoms with van der Waals surface area (Å²) in [5, 5.41) is 10.2. The summed E-state index contributed by atoms with van der Waals surface area (Å²) in [6.07, 6.45) is 0.395. The van der Waals surface area contributed by atoms with Gasteiger partial charge in [-0.2, -0.15) is 0 Å². The predicted molar refractivity (Wildman–Crippen MR) is 78.0 cm³/mol. The summed E-state index contributed by atoms with van der Waals surface area (Å²) in [5.74, 6) is 0.148. The van der Waals surface area contributed by atoms with Gasteiger partial charge in [0.15, 0.2) is 9.84 Å². The minimum Gasteiger partial charge on any atom is -0.392 e. The second kappa shape index (κ2) is 6.06. The summed E-state index contributed by atoms with van der Waals surface area (Å²) >= 11 is 0. The molecule has 0 bridgehead atoms. The molecule has 1 N–H and O–H groups in total. The van der Waals surface area contributed by atoms with E-state index in [2.05, 4.69) is 0 Å². The molecule has 1 atom stereocenters. The zero-order valence-electron chi connectivity index (χ0n) is 12.2. The molecule has 0 saturated carbocycles. The molecule has 108 valence electrons. The van der Waals surface area contributed by atoms with Crippen LogP contribution in [0.2, 0.25) is 0 Å². The summed E-state index contributed by atoms with van der Waals surface area (Å²) in [7, 11) is -3.24. The highest BCUT2D eigenvalue weighted by Gasteiger charge is 2.25. The van der Waals surface area contributed by atoms with Gasteiger partial charge >= 0.3 is 0 Å². The number of hydrogen-bond donors (Lipinski definition) is 1. The third-order valence-corrected chi connectivity index (χ3v) is 5.21. The largest absolute Gasteiger partial charge is 0.392 e. The highest BCUT2D eigenvalue weighted by molar-refractivity contribution is 7.91. The maximum Gasteiger partial charge on any atom is 0.178 e. The van der Waals surface area contributed by atoms with Crippen LogP contribution in [0.15, 0.2) is 29.2 Å². The van der Waals surface area contributed by atoms with Crippen molar-refractivity contribution < 1.29 is 13.5 Å². The lowest BCUT2D eigenvalue weighted by Crippen LogP contribution is -2.28. The van der Waals surface area contributed by atoms with Crippen LogP contribution >= 0.6 is 0 Å². The normalized spacial score (nSPS) is 14.4. The Morgan fingerprint density at radius 2 is 1.79 bits per heavy atom. The van der Waals surface area contributed by atoms with Gasteiger partial charge in [0.25, 0.3) is 0 Å². The van der Waals surface area contributed by atoms with Crippen molar-refractivity contribution in [2.45, 2.75) is 51.5 Å². The lowest BCUT2D eigenvalue weighted by molar-refractivity contribution is 0.0631. The van der Waals surface area contributed by atoms with Crippen LogP contribution in [0.1, 0.15) is 39.7 Å². The smallest absolute Gasteiger partial charge is 0.178 e. The number of rotatable bonds is 5. The van der Waals surface area contributed by atoms with Gasteiger partial charge in [0.05, 0.1) is 16.8 Å². The van der Waals surface area contributed by atoms with Crippen LogP contribution in [0.5, 0.6) is 0 Å². The first kappa shape index (κ1) is 16.2. The van der Waals surface area contributed by atoms with E-state index >= 15 is 0 Å². The van der Waals surface area contributed by atoms with Gasteiger partial charge in [0, 0.05) is 6.42 Å². The van der Waals surface area contributed by atoms with Crippen molar-refractivity contribution >= 4 is 9.84 Å². The summed E-state index contributed by atoms with van der Waals surface area (Å²) in [6.45, 7) is 7.69. The number of hydrogen-bond acceptors (Lipinski definition) is 3. The summed E-state index contributed by atoms with van der Waals surface area (Å²) in [4.78, 5) is 0.361. The molecule has 0 radical (unpaired) electrons. The van der Waals surface area contributed by atoms with E-state index in [9.17, 15) is 13.5 Å². The second-order valence-corrected chi connectivity index (χ2v) is 8.09. The molecule has 1 aromatic carbocycles. The van der Waals surface area contributed by atoms with E-state index in [1.807, 2.05) is 33.8 Å². The van der Waals surface area contributed by atoms with Crippen molar-refractivity contribution in [3.63, 3.8) is 0 Å². The molecule has 0 heterocycles. The van der Waals surface area contributed by atoms with Crippen LogP contribution < -0.4 is 0 Å². The van der Waals surface area contributed by atoms with Crippen LogP contribution in [-0.2, 0) is 16.3 Å². The average Bonchev–Trinajstić information content (AvgIpc) is 2.28. The highest BCUT2D eigenvalue weighted by atomic mass is 32.2. The molecule has 3 nitrogen and oxygen atoms in total. The van der Waals surface area contributed by atoms with E-state index in [4.69, 9.17) is 0 Å². The van der Waals surface area contributed by atoms with Gasteiger partial charge in [-0.25, -0.2) is 8.42 Å². The number of sulfone groups is 1. The van der Waals surface area contributed by atoms with Gasteiger partial charge < -0.3 is 5.11 Å². The fraction of sp³-hybridized carbons (Fsp3) is 0.600. The Kier molecular flexibility index (Phi) is 5.16. The van der Waals surface area contributed by atoms with Crippen LogP contribution in [0.4, 0.5) is 0 Å². The number of aliphatic hydroxyl groups excluding tert-OH is 1. The fourth-order valence-corrected chi connectivity index (χ4v) is 3.46. The maximum atomic E-state index is 12.2. The molecule has 1 aromatic rings. The lowest BCUT2D eigenvalue weighted by atomic mass is 9.85. The Hall–Kier alpha value is -0.870. The number of aliphatic hydroxyl groups is 1. The van der Waals surface area contributed by atoms with E-state index in [1.54, 1.807) is 18.2 Å². The van der Waals surface area contributed by atoms with E-state index in [1.165, 1.54) is 0 Å². The van der Waals surface area contributed by atoms with Crippen LogP contribution in [-0.4, -0.2) is 25.4 Å². The second-order valence-electron chi connectivity index (χ2n) is 6.01. The van der Waals surface area contributed by atoms with E-state index < -0.39 is 15.9 Å². The Bertz CT molecular complexity index is 512. The van der Waals surface area contributed by atoms with Crippen molar-refractivity contribution in [3.8, 4) is 0 Å². The lowest BCUT2D eigenvalue weighted by Gasteiger charge is -2.26. The molecular weight excluding hydrogens is 260 g/mol. The topological polar surface area (TPSA) is 54.4 Å². The first-order valence-corrected chi connectivity index (χ1v) is 8.32. The molecule has 0 aliphatic heterocycles. The molecule has 0 aliphatic carbocycles. The third-order valence-electron chi connectivity index (χ3n) is 3.19. The minimum absolute atomic E-state index is 0.148. The van der Waals surface area contributed by atoms with Gasteiger partial charge in [-0.3, -0.25) is 0 Å². The molecule has 4 heteroatoms. The Labute approximate surface area is 116 Å². The Morgan fingerprint density at radius 1 is 1.21 bits per heavy atom. The first-order valence-electron chi connectivity index (χ1n) is 6.67. The Morgan fingerprint density at radius 3 is 2.32 bits per heavy atom. The fourth-order valence-electron chi connectivity index (χ4n) is 1.87. The molecule has 0 aliphatic rings. The van der Waals surface area contributed by atoms with Gasteiger partial charge in [-0.15, -0.1) is 0 Å². The molecule has 0 saturated heterocycles. The summed E-state index contributed by atoms with van der Waals surface area (Å²) in [5.41, 5.74) is 0.445. The molecule has 0 spiro atoms. The average molecular weight is 284 g/mol. The highest BCUT2D eigenvalue weighted by Crippen LogP contribution is 2.26. The molecule has 0 amide bonds. The number of benzene rings is 1.